The molecule has 0 spiro atoms. The Labute approximate surface area is 153 Å². The van der Waals surface area contributed by atoms with Crippen LogP contribution in [0, 0.1) is 5.92 Å². The quantitative estimate of drug-likeness (QED) is 0.843. The lowest BCUT2D eigenvalue weighted by Crippen LogP contribution is -2.33. The van der Waals surface area contributed by atoms with Gasteiger partial charge >= 0.3 is 6.03 Å². The number of methoxy groups -OCH3 is 1. The first kappa shape index (κ1) is 18.3. The third-order valence-corrected chi connectivity index (χ3v) is 6.29. The molecule has 2 aromatic rings. The topological polar surface area (TPSA) is 84.5 Å². The molecule has 1 aliphatic heterocycles. The number of rotatable bonds is 5. The van der Waals surface area contributed by atoms with Crippen LogP contribution in [0.25, 0.3) is 11.1 Å². The smallest absolute Gasteiger partial charge is 0.319 e. The maximum atomic E-state index is 12.2. The highest BCUT2D eigenvalue weighted by Crippen LogP contribution is 2.29. The first-order valence-electron chi connectivity index (χ1n) is 8.45. The lowest BCUT2D eigenvalue weighted by molar-refractivity contribution is 0.250. The molecule has 26 heavy (non-hydrogen) atoms. The van der Waals surface area contributed by atoms with Crippen LogP contribution in [0.5, 0.6) is 5.75 Å². The van der Waals surface area contributed by atoms with Crippen molar-refractivity contribution in [2.75, 3.05) is 30.5 Å². The van der Waals surface area contributed by atoms with Crippen LogP contribution in [-0.4, -0.2) is 39.6 Å². The van der Waals surface area contributed by atoms with Gasteiger partial charge in [0.25, 0.3) is 0 Å². The predicted molar refractivity (Wildman–Crippen MR) is 102 cm³/mol. The molecule has 2 amide bonds. The highest BCUT2D eigenvalue weighted by molar-refractivity contribution is 7.91. The molecule has 1 heterocycles. The molecular formula is C19H22N2O4S. The summed E-state index contributed by atoms with van der Waals surface area (Å²) in [4.78, 5) is 12.2. The van der Waals surface area contributed by atoms with Gasteiger partial charge in [0.05, 0.1) is 24.3 Å². The number of hydrogen-bond acceptors (Lipinski definition) is 4. The Morgan fingerprint density at radius 3 is 2.54 bits per heavy atom. The molecule has 138 valence electrons. The third kappa shape index (κ3) is 4.54. The van der Waals surface area contributed by atoms with E-state index in [-0.39, 0.29) is 23.5 Å². The lowest BCUT2D eigenvalue weighted by atomic mass is 10.0. The van der Waals surface area contributed by atoms with E-state index in [9.17, 15) is 13.2 Å². The summed E-state index contributed by atoms with van der Waals surface area (Å²) in [5.41, 5.74) is 2.55. The van der Waals surface area contributed by atoms with Crippen LogP contribution in [0.15, 0.2) is 48.5 Å². The second-order valence-electron chi connectivity index (χ2n) is 6.38. The standard InChI is InChI=1S/C19H22N2O4S/c1-25-16-8-6-15(7-9-16)17-4-2-3-5-18(17)21-19(22)20-12-14-10-11-26(23,24)13-14/h2-9,14H,10-13H2,1H3,(H2,20,21,22)/t14-/m0/s1. The van der Waals surface area contributed by atoms with Gasteiger partial charge in [0.2, 0.25) is 0 Å². The normalized spacial score (nSPS) is 18.3. The molecule has 0 unspecified atom stereocenters. The first-order chi connectivity index (χ1) is 12.5. The van der Waals surface area contributed by atoms with Crippen LogP contribution < -0.4 is 15.4 Å². The summed E-state index contributed by atoms with van der Waals surface area (Å²) >= 11 is 0. The van der Waals surface area contributed by atoms with Crippen molar-refractivity contribution in [1.29, 1.82) is 0 Å². The van der Waals surface area contributed by atoms with Gasteiger partial charge in [-0.1, -0.05) is 30.3 Å². The maximum absolute atomic E-state index is 12.2. The summed E-state index contributed by atoms with van der Waals surface area (Å²) in [6.07, 6.45) is 0.602. The second-order valence-corrected chi connectivity index (χ2v) is 8.61. The Morgan fingerprint density at radius 1 is 1.15 bits per heavy atom. The zero-order chi connectivity index (χ0) is 18.6. The Kier molecular flexibility index (Phi) is 5.46. The summed E-state index contributed by atoms with van der Waals surface area (Å²) in [5.74, 6) is 1.11. The van der Waals surface area contributed by atoms with E-state index >= 15 is 0 Å². The fourth-order valence-electron chi connectivity index (χ4n) is 3.05. The number of sulfone groups is 1. The monoisotopic (exact) mass is 374 g/mol. The van der Waals surface area contributed by atoms with Crippen molar-refractivity contribution in [3.8, 4) is 16.9 Å². The van der Waals surface area contributed by atoms with Gasteiger partial charge in [0, 0.05) is 12.1 Å². The molecule has 1 fully saturated rings. The SMILES string of the molecule is COc1ccc(-c2ccccc2NC(=O)NC[C@@H]2CCS(=O)(=O)C2)cc1. The Hall–Kier alpha value is -2.54. The third-order valence-electron chi connectivity index (χ3n) is 4.45. The minimum Gasteiger partial charge on any atom is -0.497 e. The van der Waals surface area contributed by atoms with Gasteiger partial charge in [-0.15, -0.1) is 0 Å². The lowest BCUT2D eigenvalue weighted by Gasteiger charge is -2.14. The van der Waals surface area contributed by atoms with E-state index in [1.165, 1.54) is 0 Å². The summed E-state index contributed by atoms with van der Waals surface area (Å²) < 4.78 is 28.1. The van der Waals surface area contributed by atoms with Gasteiger partial charge in [-0.2, -0.15) is 0 Å². The highest BCUT2D eigenvalue weighted by atomic mass is 32.2. The molecule has 3 rings (SSSR count). The molecule has 0 radical (unpaired) electrons. The second kappa shape index (κ2) is 7.78. The Balaban J connectivity index is 1.65. The van der Waals surface area contributed by atoms with Crippen LogP contribution >= 0.6 is 0 Å². The van der Waals surface area contributed by atoms with E-state index in [4.69, 9.17) is 4.74 Å². The molecule has 1 aliphatic rings. The molecule has 0 bridgehead atoms. The van der Waals surface area contributed by atoms with Gasteiger partial charge < -0.3 is 15.4 Å². The molecule has 1 saturated heterocycles. The van der Waals surface area contributed by atoms with Crippen molar-refractivity contribution in [2.45, 2.75) is 6.42 Å². The van der Waals surface area contributed by atoms with Crippen LogP contribution in [0.1, 0.15) is 6.42 Å². The molecular weight excluding hydrogens is 352 g/mol. The average Bonchev–Trinajstić information content (AvgIpc) is 2.99. The zero-order valence-corrected chi connectivity index (χ0v) is 15.4. The number of benzene rings is 2. The van der Waals surface area contributed by atoms with Crippen LogP contribution in [-0.2, 0) is 9.84 Å². The highest BCUT2D eigenvalue weighted by Gasteiger charge is 2.27. The van der Waals surface area contributed by atoms with Crippen molar-refractivity contribution in [3.05, 3.63) is 48.5 Å². The van der Waals surface area contributed by atoms with Crippen molar-refractivity contribution in [1.82, 2.24) is 5.32 Å². The van der Waals surface area contributed by atoms with Gasteiger partial charge in [0.15, 0.2) is 9.84 Å². The van der Waals surface area contributed by atoms with E-state index in [2.05, 4.69) is 10.6 Å². The van der Waals surface area contributed by atoms with Gasteiger partial charge in [0.1, 0.15) is 5.75 Å². The van der Waals surface area contributed by atoms with Crippen LogP contribution in [0.4, 0.5) is 10.5 Å². The number of carbonyl (C=O) groups excluding carboxylic acids is 1. The van der Waals surface area contributed by atoms with Crippen molar-refractivity contribution in [2.24, 2.45) is 5.92 Å². The van der Waals surface area contributed by atoms with Crippen molar-refractivity contribution < 1.29 is 17.9 Å². The van der Waals surface area contributed by atoms with Crippen LogP contribution in [0.2, 0.25) is 0 Å². The molecule has 0 aromatic heterocycles. The van der Waals surface area contributed by atoms with Gasteiger partial charge in [-0.25, -0.2) is 13.2 Å². The Morgan fingerprint density at radius 2 is 1.88 bits per heavy atom. The van der Waals surface area contributed by atoms with Gasteiger partial charge in [-0.3, -0.25) is 0 Å². The minimum absolute atomic E-state index is 0.0115. The van der Waals surface area contributed by atoms with E-state index in [1.54, 1.807) is 7.11 Å². The maximum Gasteiger partial charge on any atom is 0.319 e. The predicted octanol–water partition coefficient (Wildman–Crippen LogP) is 2.92. The van der Waals surface area contributed by atoms with E-state index < -0.39 is 9.84 Å². The van der Waals surface area contributed by atoms with E-state index in [1.807, 2.05) is 48.5 Å². The van der Waals surface area contributed by atoms with E-state index in [0.29, 0.717) is 18.7 Å². The van der Waals surface area contributed by atoms with Gasteiger partial charge in [-0.05, 0) is 36.1 Å². The molecule has 6 nitrogen and oxygen atoms in total. The molecule has 2 N–H and O–H groups in total. The molecule has 2 aromatic carbocycles. The zero-order valence-electron chi connectivity index (χ0n) is 14.6. The minimum atomic E-state index is -2.93. The number of ether oxygens (including phenoxy) is 1. The number of amides is 2. The number of urea groups is 1. The van der Waals surface area contributed by atoms with Crippen LogP contribution in [0.3, 0.4) is 0 Å². The number of anilines is 1. The number of carbonyl (C=O) groups is 1. The molecule has 1 atom stereocenters. The summed E-state index contributed by atoms with van der Waals surface area (Å²) in [7, 11) is -1.32. The fraction of sp³-hybridized carbons (Fsp3) is 0.316. The van der Waals surface area contributed by atoms with E-state index in [0.717, 1.165) is 16.9 Å². The fourth-order valence-corrected chi connectivity index (χ4v) is 4.91. The van der Waals surface area contributed by atoms with Crippen molar-refractivity contribution in [3.63, 3.8) is 0 Å². The summed E-state index contributed by atoms with van der Waals surface area (Å²) in [6, 6.07) is 14.8. The number of para-hydroxylation sites is 1. The van der Waals surface area contributed by atoms with Crippen molar-refractivity contribution >= 4 is 21.6 Å². The summed E-state index contributed by atoms with van der Waals surface area (Å²) in [5, 5.41) is 5.62. The summed E-state index contributed by atoms with van der Waals surface area (Å²) in [6.45, 7) is 0.357. The number of nitrogens with one attached hydrogen (secondary N) is 2. The largest absolute Gasteiger partial charge is 0.497 e. The molecule has 0 saturated carbocycles. The average molecular weight is 374 g/mol. The molecule has 7 heteroatoms. The molecule has 0 aliphatic carbocycles. The Bertz CT molecular complexity index is 879. The first-order valence-corrected chi connectivity index (χ1v) is 10.3. The number of hydrogen-bond donors (Lipinski definition) is 2.